The van der Waals surface area contributed by atoms with Crippen molar-refractivity contribution >= 4 is 17.9 Å². The molecule has 0 fully saturated rings. The molecule has 218 valence electrons. The fraction of sp³-hybridized carbons (Fsp3) is 0.625. The van der Waals surface area contributed by atoms with Crippen LogP contribution in [-0.4, -0.2) is 116 Å². The average molecular weight is 541 g/mol. The van der Waals surface area contributed by atoms with Crippen LogP contribution in [0.3, 0.4) is 0 Å². The third-order valence-corrected chi connectivity index (χ3v) is 4.26. The number of rotatable bonds is 16. The first kappa shape index (κ1) is 41.5. The molecule has 0 spiro atoms. The van der Waals surface area contributed by atoms with Crippen molar-refractivity contribution in [3.63, 3.8) is 0 Å². The van der Waals surface area contributed by atoms with E-state index in [1.54, 1.807) is 13.8 Å². The minimum atomic E-state index is -0.981. The van der Waals surface area contributed by atoms with Crippen LogP contribution in [0.2, 0.25) is 0 Å². The summed E-state index contributed by atoms with van der Waals surface area (Å²) in [5.41, 5.74) is -0.978. The summed E-state index contributed by atoms with van der Waals surface area (Å²) < 4.78 is 10.9. The first-order chi connectivity index (χ1) is 17.1. The highest BCUT2D eigenvalue weighted by Gasteiger charge is 2.29. The van der Waals surface area contributed by atoms with Crippen LogP contribution in [0.25, 0.3) is 0 Å². The van der Waals surface area contributed by atoms with Crippen LogP contribution in [-0.2, 0) is 23.9 Å². The number of carbonyl (C=O) groups is 3. The van der Waals surface area contributed by atoms with Crippen molar-refractivity contribution in [1.82, 2.24) is 0 Å². The third-order valence-electron chi connectivity index (χ3n) is 4.26. The van der Waals surface area contributed by atoms with Crippen molar-refractivity contribution in [1.29, 1.82) is 0 Å². The maximum absolute atomic E-state index is 10.0. The van der Waals surface area contributed by atoms with E-state index in [0.717, 1.165) is 18.2 Å². The van der Waals surface area contributed by atoms with Gasteiger partial charge in [-0.1, -0.05) is 19.7 Å². The van der Waals surface area contributed by atoms with Crippen molar-refractivity contribution in [2.75, 3.05) is 33.0 Å². The molecule has 0 amide bonds. The molecular weight excluding hydrogens is 496 g/mol. The van der Waals surface area contributed by atoms with Crippen LogP contribution in [0.4, 0.5) is 0 Å². The Morgan fingerprint density at radius 2 is 1.11 bits per heavy atom. The molecule has 4 atom stereocenters. The van der Waals surface area contributed by atoms with E-state index in [4.69, 9.17) is 29.9 Å². The summed E-state index contributed by atoms with van der Waals surface area (Å²) in [4.78, 5) is 27.8. The summed E-state index contributed by atoms with van der Waals surface area (Å²) in [6.07, 6.45) is 1.15. The van der Waals surface area contributed by atoms with E-state index in [1.807, 2.05) is 6.92 Å². The van der Waals surface area contributed by atoms with Gasteiger partial charge in [0, 0.05) is 23.6 Å². The number of carboxylic acid groups (broad SMARTS) is 3. The molecule has 8 N–H and O–H groups in total. The second-order valence-corrected chi connectivity index (χ2v) is 7.74. The van der Waals surface area contributed by atoms with Gasteiger partial charge in [-0.2, -0.15) is 0 Å². The number of carboxylic acids is 3. The summed E-state index contributed by atoms with van der Waals surface area (Å²) in [5.74, 6) is -2.94. The van der Waals surface area contributed by atoms with E-state index in [-0.39, 0.29) is 39.1 Å². The standard InChI is InChI=1S/C15H32O7.3C3H4O2/c1-11(19)6-21-12(2)7-22-13(3)14(20)4-5-15(8-16,9-17)10-18;3*1-2-3(4)5/h11-14,16-20H,4-10H2,1-3H3;3*2H,1H2,(H,4,5). The summed E-state index contributed by atoms with van der Waals surface area (Å²) in [7, 11) is 0. The second kappa shape index (κ2) is 26.4. The molecule has 0 aliphatic carbocycles. The largest absolute Gasteiger partial charge is 0.478 e. The Morgan fingerprint density at radius 3 is 1.38 bits per heavy atom. The molecule has 0 aromatic heterocycles. The molecule has 0 aliphatic heterocycles. The van der Waals surface area contributed by atoms with Gasteiger partial charge in [0.1, 0.15) is 0 Å². The minimum absolute atomic E-state index is 0.198. The Morgan fingerprint density at radius 1 is 0.757 bits per heavy atom. The van der Waals surface area contributed by atoms with Gasteiger partial charge < -0.3 is 50.3 Å². The van der Waals surface area contributed by atoms with Gasteiger partial charge in [0.2, 0.25) is 0 Å². The molecule has 37 heavy (non-hydrogen) atoms. The number of hydrogen-bond donors (Lipinski definition) is 8. The average Bonchev–Trinajstić information content (AvgIpc) is 2.87. The van der Waals surface area contributed by atoms with Gasteiger partial charge >= 0.3 is 17.9 Å². The zero-order chi connectivity index (χ0) is 30.0. The van der Waals surface area contributed by atoms with E-state index in [0.29, 0.717) is 12.8 Å². The highest BCUT2D eigenvalue weighted by molar-refractivity contribution is 5.79. The van der Waals surface area contributed by atoms with Gasteiger partial charge in [-0.15, -0.1) is 0 Å². The van der Waals surface area contributed by atoms with Crippen LogP contribution in [0.15, 0.2) is 38.0 Å². The van der Waals surface area contributed by atoms with E-state index in [1.165, 1.54) is 0 Å². The third kappa shape index (κ3) is 31.3. The number of hydrogen-bond acceptors (Lipinski definition) is 10. The second-order valence-electron chi connectivity index (χ2n) is 7.74. The maximum atomic E-state index is 10.0. The quantitative estimate of drug-likeness (QED) is 0.121. The number of aliphatic hydroxyl groups excluding tert-OH is 5. The van der Waals surface area contributed by atoms with Crippen molar-refractivity contribution in [3.05, 3.63) is 38.0 Å². The molecule has 0 aromatic carbocycles. The Bertz CT molecular complexity index is 579. The molecule has 4 unspecified atom stereocenters. The predicted molar refractivity (Wildman–Crippen MR) is 135 cm³/mol. The van der Waals surface area contributed by atoms with Crippen LogP contribution >= 0.6 is 0 Å². The molecule has 0 saturated heterocycles. The lowest BCUT2D eigenvalue weighted by Gasteiger charge is -2.29. The highest BCUT2D eigenvalue weighted by Crippen LogP contribution is 2.24. The first-order valence-corrected chi connectivity index (χ1v) is 11.1. The Kier molecular flexibility index (Phi) is 29.6. The molecule has 13 nitrogen and oxygen atoms in total. The highest BCUT2D eigenvalue weighted by atomic mass is 16.5. The van der Waals surface area contributed by atoms with E-state index in [2.05, 4.69) is 19.7 Å². The molecule has 0 radical (unpaired) electrons. The van der Waals surface area contributed by atoms with Gasteiger partial charge in [0.25, 0.3) is 0 Å². The van der Waals surface area contributed by atoms with Gasteiger partial charge in [0.05, 0.1) is 57.5 Å². The van der Waals surface area contributed by atoms with Crippen molar-refractivity contribution in [2.24, 2.45) is 5.41 Å². The Balaban J connectivity index is -0.000000293. The van der Waals surface area contributed by atoms with E-state index >= 15 is 0 Å². The van der Waals surface area contributed by atoms with Crippen molar-refractivity contribution in [2.45, 2.75) is 58.0 Å². The van der Waals surface area contributed by atoms with Crippen LogP contribution in [0, 0.1) is 5.41 Å². The lowest BCUT2D eigenvalue weighted by atomic mass is 9.84. The predicted octanol–water partition coefficient (Wildman–Crippen LogP) is 0.0528. The molecule has 0 saturated carbocycles. The molecule has 13 heteroatoms. The van der Waals surface area contributed by atoms with Gasteiger partial charge in [-0.25, -0.2) is 14.4 Å². The molecule has 0 aromatic rings. The summed E-state index contributed by atoms with van der Waals surface area (Å²) in [6, 6.07) is 0. The van der Waals surface area contributed by atoms with Crippen LogP contribution in [0.1, 0.15) is 33.6 Å². The molecule has 0 bridgehead atoms. The lowest BCUT2D eigenvalue weighted by Crippen LogP contribution is -2.37. The van der Waals surface area contributed by atoms with E-state index < -0.39 is 41.6 Å². The topological polar surface area (TPSA) is 232 Å². The fourth-order valence-electron chi connectivity index (χ4n) is 1.83. The zero-order valence-corrected chi connectivity index (χ0v) is 21.7. The smallest absolute Gasteiger partial charge is 0.327 e. The van der Waals surface area contributed by atoms with Gasteiger partial charge in [0.15, 0.2) is 0 Å². The van der Waals surface area contributed by atoms with Crippen molar-refractivity contribution in [3.8, 4) is 0 Å². The summed E-state index contributed by atoms with van der Waals surface area (Å²) in [6.45, 7) is 13.6. The SMILES string of the molecule is C=CC(=O)O.C=CC(=O)O.C=CC(=O)O.CC(O)COC(C)COC(C)C(O)CCC(CO)(CO)CO. The van der Waals surface area contributed by atoms with Crippen LogP contribution < -0.4 is 0 Å². The first-order valence-electron chi connectivity index (χ1n) is 11.1. The zero-order valence-electron chi connectivity index (χ0n) is 21.7. The van der Waals surface area contributed by atoms with Gasteiger partial charge in [-0.05, 0) is 33.6 Å². The molecule has 0 rings (SSSR count). The van der Waals surface area contributed by atoms with Crippen LogP contribution in [0.5, 0.6) is 0 Å². The maximum Gasteiger partial charge on any atom is 0.327 e. The lowest BCUT2D eigenvalue weighted by molar-refractivity contribution is -0.132. The molecular formula is C24H44O13. The number of aliphatic carboxylic acids is 3. The van der Waals surface area contributed by atoms with Crippen molar-refractivity contribution < 1.29 is 64.7 Å². The monoisotopic (exact) mass is 540 g/mol. The van der Waals surface area contributed by atoms with E-state index in [9.17, 15) is 34.8 Å². The number of aliphatic hydroxyl groups is 5. The Hall–Kier alpha value is -2.65. The van der Waals surface area contributed by atoms with Gasteiger partial charge in [-0.3, -0.25) is 0 Å². The normalized spacial score (nSPS) is 13.3. The fourth-order valence-corrected chi connectivity index (χ4v) is 1.83. The minimum Gasteiger partial charge on any atom is -0.478 e. The Labute approximate surface area is 217 Å². The summed E-state index contributed by atoms with van der Waals surface area (Å²) >= 11 is 0. The molecule has 0 aliphatic rings. The number of ether oxygens (including phenoxy) is 2. The molecule has 0 heterocycles. The summed E-state index contributed by atoms with van der Waals surface area (Å²) in [5, 5.41) is 69.7.